The molecule has 1 amide bonds. The number of aromatic nitrogens is 3. The molecule has 2 aromatic rings. The molecule has 0 aliphatic rings. The number of esters is 1. The Morgan fingerprint density at radius 3 is 2.35 bits per heavy atom. The number of ether oxygens (including phenoxy) is 1. The van der Waals surface area contributed by atoms with Crippen LogP contribution in [-0.4, -0.2) is 34.1 Å². The summed E-state index contributed by atoms with van der Waals surface area (Å²) in [5.74, 6) is -0.870. The Bertz CT molecular complexity index is 648. The fourth-order valence-corrected chi connectivity index (χ4v) is 1.35. The lowest BCUT2D eigenvalue weighted by molar-refractivity contribution is 0.0593. The van der Waals surface area contributed by atoms with Gasteiger partial charge in [-0.05, 0) is 13.8 Å². The minimum atomic E-state index is -0.619. The highest BCUT2D eigenvalue weighted by Crippen LogP contribution is 2.17. The third-order valence-electron chi connectivity index (χ3n) is 2.66. The Morgan fingerprint density at radius 1 is 1.20 bits per heavy atom. The maximum atomic E-state index is 11.9. The molecule has 8 nitrogen and oxygen atoms in total. The minimum Gasteiger partial charge on any atom is -0.464 e. The van der Waals surface area contributed by atoms with Crippen molar-refractivity contribution in [3.8, 4) is 0 Å². The fraction of sp³-hybridized carbons (Fsp3) is 0.250. The number of carbonyl (C=O) groups is 2. The topological polar surface area (TPSA) is 107 Å². The Balaban J connectivity index is 2.13. The van der Waals surface area contributed by atoms with E-state index in [2.05, 4.69) is 25.2 Å². The summed E-state index contributed by atoms with van der Waals surface area (Å²) in [6.07, 6.45) is 2.35. The molecule has 0 saturated carbocycles. The molecule has 0 unspecified atom stereocenters. The van der Waals surface area contributed by atoms with Crippen LogP contribution in [0.25, 0.3) is 0 Å². The lowest BCUT2D eigenvalue weighted by Gasteiger charge is -2.02. The van der Waals surface area contributed by atoms with Gasteiger partial charge in [0.15, 0.2) is 5.69 Å². The van der Waals surface area contributed by atoms with Crippen LogP contribution in [0.2, 0.25) is 0 Å². The number of nitrogens with one attached hydrogen (secondary N) is 1. The molecule has 0 atom stereocenters. The fourth-order valence-electron chi connectivity index (χ4n) is 1.35. The number of methoxy groups -OCH3 is 1. The predicted octanol–water partition coefficient (Wildman–Crippen LogP) is 1.12. The van der Waals surface area contributed by atoms with Crippen molar-refractivity contribution in [3.05, 3.63) is 35.0 Å². The normalized spacial score (nSPS) is 10.2. The molecule has 0 aliphatic heterocycles. The smallest absolute Gasteiger partial charge is 0.358 e. The van der Waals surface area contributed by atoms with Crippen molar-refractivity contribution < 1.29 is 18.8 Å². The monoisotopic (exact) mass is 276 g/mol. The molecule has 0 fully saturated rings. The van der Waals surface area contributed by atoms with E-state index in [-0.39, 0.29) is 17.3 Å². The van der Waals surface area contributed by atoms with E-state index in [1.54, 1.807) is 13.8 Å². The van der Waals surface area contributed by atoms with Gasteiger partial charge in [-0.25, -0.2) is 14.8 Å². The van der Waals surface area contributed by atoms with E-state index in [9.17, 15) is 9.59 Å². The molecule has 8 heteroatoms. The summed E-state index contributed by atoms with van der Waals surface area (Å²) < 4.78 is 9.45. The van der Waals surface area contributed by atoms with Crippen molar-refractivity contribution in [1.82, 2.24) is 15.1 Å². The number of rotatable bonds is 3. The lowest BCUT2D eigenvalue weighted by Crippen LogP contribution is -2.15. The number of aryl methyl sites for hydroxylation is 1. The van der Waals surface area contributed by atoms with E-state index >= 15 is 0 Å². The molecule has 0 bridgehead atoms. The molecule has 0 aliphatic carbocycles. The summed E-state index contributed by atoms with van der Waals surface area (Å²) in [5.41, 5.74) is 1.49. The van der Waals surface area contributed by atoms with Crippen molar-refractivity contribution in [1.29, 1.82) is 0 Å². The molecule has 2 heterocycles. The number of hydrogen-bond donors (Lipinski definition) is 1. The molecule has 1 N–H and O–H groups in total. The average molecular weight is 276 g/mol. The first-order valence-corrected chi connectivity index (χ1v) is 5.67. The van der Waals surface area contributed by atoms with Crippen molar-refractivity contribution in [2.75, 3.05) is 12.4 Å². The molecule has 0 aromatic carbocycles. The van der Waals surface area contributed by atoms with Crippen molar-refractivity contribution in [3.63, 3.8) is 0 Å². The van der Waals surface area contributed by atoms with Crippen LogP contribution in [0.3, 0.4) is 0 Å². The Kier molecular flexibility index (Phi) is 3.74. The molecule has 104 valence electrons. The van der Waals surface area contributed by atoms with Crippen molar-refractivity contribution in [2.45, 2.75) is 13.8 Å². The number of hydrogen-bond acceptors (Lipinski definition) is 7. The van der Waals surface area contributed by atoms with E-state index < -0.39 is 11.9 Å². The van der Waals surface area contributed by atoms with Crippen LogP contribution >= 0.6 is 0 Å². The van der Waals surface area contributed by atoms with Crippen LogP contribution in [0.15, 0.2) is 16.9 Å². The van der Waals surface area contributed by atoms with Crippen molar-refractivity contribution in [2.24, 2.45) is 0 Å². The van der Waals surface area contributed by atoms with Gasteiger partial charge in [-0.15, -0.1) is 0 Å². The van der Waals surface area contributed by atoms with Crippen LogP contribution < -0.4 is 5.32 Å². The van der Waals surface area contributed by atoms with Crippen molar-refractivity contribution >= 4 is 17.8 Å². The second kappa shape index (κ2) is 5.47. The second-order valence-electron chi connectivity index (χ2n) is 3.95. The first-order chi connectivity index (χ1) is 9.52. The maximum absolute atomic E-state index is 11.9. The molecule has 0 radical (unpaired) electrons. The van der Waals surface area contributed by atoms with E-state index in [1.807, 2.05) is 0 Å². The SMILES string of the molecule is COC(=O)c1cnc(C(=O)Nc2onc(C)c2C)cn1. The van der Waals surface area contributed by atoms with Gasteiger partial charge < -0.3 is 9.26 Å². The Labute approximate surface area is 114 Å². The molecule has 2 aromatic heterocycles. The zero-order chi connectivity index (χ0) is 14.7. The number of anilines is 1. The van der Waals surface area contributed by atoms with Gasteiger partial charge in [-0.2, -0.15) is 0 Å². The molecular weight excluding hydrogens is 264 g/mol. The molecule has 0 spiro atoms. The Morgan fingerprint density at radius 2 is 1.85 bits per heavy atom. The maximum Gasteiger partial charge on any atom is 0.358 e. The van der Waals surface area contributed by atoms with E-state index in [4.69, 9.17) is 4.52 Å². The number of amides is 1. The van der Waals surface area contributed by atoms with Gasteiger partial charge in [0.05, 0.1) is 25.2 Å². The van der Waals surface area contributed by atoms with Crippen LogP contribution in [0.5, 0.6) is 0 Å². The zero-order valence-corrected chi connectivity index (χ0v) is 11.1. The van der Waals surface area contributed by atoms with Gasteiger partial charge in [-0.1, -0.05) is 5.16 Å². The van der Waals surface area contributed by atoms with Crippen LogP contribution in [0.4, 0.5) is 5.88 Å². The lowest BCUT2D eigenvalue weighted by atomic mass is 10.3. The predicted molar refractivity (Wildman–Crippen MR) is 67.3 cm³/mol. The first-order valence-electron chi connectivity index (χ1n) is 5.67. The van der Waals surface area contributed by atoms with Crippen LogP contribution in [-0.2, 0) is 4.74 Å². The van der Waals surface area contributed by atoms with Gasteiger partial charge in [0.1, 0.15) is 5.69 Å². The van der Waals surface area contributed by atoms with Gasteiger partial charge in [-0.3, -0.25) is 10.1 Å². The van der Waals surface area contributed by atoms with Gasteiger partial charge >= 0.3 is 5.97 Å². The van der Waals surface area contributed by atoms with E-state index in [0.717, 1.165) is 5.56 Å². The quantitative estimate of drug-likeness (QED) is 0.837. The first kappa shape index (κ1) is 13.7. The van der Waals surface area contributed by atoms with Gasteiger partial charge in [0, 0.05) is 5.56 Å². The standard InChI is InChI=1S/C12H12N4O4/c1-6-7(2)16-20-11(6)15-10(17)8-4-14-9(5-13-8)12(18)19-3/h4-5H,1-3H3,(H,15,17). The van der Waals surface area contributed by atoms with E-state index in [0.29, 0.717) is 5.69 Å². The number of nitrogens with zero attached hydrogens (tertiary/aromatic N) is 3. The third kappa shape index (κ3) is 2.63. The molecular formula is C12H12N4O4. The van der Waals surface area contributed by atoms with Crippen LogP contribution in [0.1, 0.15) is 32.2 Å². The summed E-state index contributed by atoms with van der Waals surface area (Å²) in [4.78, 5) is 30.7. The highest BCUT2D eigenvalue weighted by atomic mass is 16.5. The second-order valence-corrected chi connectivity index (χ2v) is 3.95. The Hall–Kier alpha value is -2.77. The highest BCUT2D eigenvalue weighted by Gasteiger charge is 2.15. The third-order valence-corrected chi connectivity index (χ3v) is 2.66. The summed E-state index contributed by atoms with van der Waals surface area (Å²) >= 11 is 0. The average Bonchev–Trinajstić information content (AvgIpc) is 2.78. The minimum absolute atomic E-state index is 0.0238. The molecule has 0 saturated heterocycles. The highest BCUT2D eigenvalue weighted by molar-refractivity contribution is 6.02. The summed E-state index contributed by atoms with van der Waals surface area (Å²) in [6, 6.07) is 0. The van der Waals surface area contributed by atoms with Crippen LogP contribution in [0, 0.1) is 13.8 Å². The zero-order valence-electron chi connectivity index (χ0n) is 11.1. The number of carbonyl (C=O) groups excluding carboxylic acids is 2. The molecule has 2 rings (SSSR count). The van der Waals surface area contributed by atoms with Gasteiger partial charge in [0.25, 0.3) is 5.91 Å². The summed E-state index contributed by atoms with van der Waals surface area (Å²) in [6.45, 7) is 3.53. The molecule has 20 heavy (non-hydrogen) atoms. The summed E-state index contributed by atoms with van der Waals surface area (Å²) in [5, 5.41) is 6.25. The van der Waals surface area contributed by atoms with E-state index in [1.165, 1.54) is 19.5 Å². The van der Waals surface area contributed by atoms with Gasteiger partial charge in [0.2, 0.25) is 5.88 Å². The summed E-state index contributed by atoms with van der Waals surface area (Å²) in [7, 11) is 1.24. The largest absolute Gasteiger partial charge is 0.464 e.